The van der Waals surface area contributed by atoms with Gasteiger partial charge in [-0.1, -0.05) is 26.7 Å². The Morgan fingerprint density at radius 3 is 1.96 bits per heavy atom. The molecule has 2 unspecified atom stereocenters. The Bertz CT molecular complexity index is 570. The minimum Gasteiger partial charge on any atom is -0.478 e. The van der Waals surface area contributed by atoms with Crippen molar-refractivity contribution >= 4 is 20.4 Å². The van der Waals surface area contributed by atoms with Gasteiger partial charge in [-0.05, 0) is 38.9 Å². The number of carboxylic acid groups (broad SMARTS) is 1. The zero-order valence-electron chi connectivity index (χ0n) is 17.3. The summed E-state index contributed by atoms with van der Waals surface area (Å²) in [5, 5.41) is 19.7. The van der Waals surface area contributed by atoms with Gasteiger partial charge in [0.05, 0.1) is 6.54 Å². The molecule has 0 spiro atoms. The lowest BCUT2D eigenvalue weighted by atomic mass is 9.97. The summed E-state index contributed by atoms with van der Waals surface area (Å²) in [5.41, 5.74) is -3.28. The number of aliphatic hydroxyl groups is 1. The molecule has 2 N–H and O–H groups in total. The van der Waals surface area contributed by atoms with Crippen molar-refractivity contribution in [2.75, 3.05) is 13.6 Å². The van der Waals surface area contributed by atoms with Gasteiger partial charge in [0.2, 0.25) is 0 Å². The number of terminal acetylenes is 1. The molecule has 26 heavy (non-hydrogen) atoms. The van der Waals surface area contributed by atoms with E-state index in [1.165, 1.54) is 7.05 Å². The number of likely N-dealkylation sites (N-methyl/N-ethyl adjacent to an activating group) is 1. The van der Waals surface area contributed by atoms with Gasteiger partial charge in [0.1, 0.15) is 11.7 Å². The van der Waals surface area contributed by atoms with Crippen LogP contribution in [0.5, 0.6) is 0 Å². The third-order valence-electron chi connectivity index (χ3n) is 4.40. The largest absolute Gasteiger partial charge is 0.478 e. The number of carbonyl (C=O) groups is 2. The molecule has 1 amide bonds. The third kappa shape index (κ3) is 6.31. The standard InChI is InChI=1S/C18H33NO6Si/c1-11-18(23,14(20)21)13(25-26(9,10)17(5,6)7)12-19(8)15(22)24-16(2,3)4/h1,13,23H,12H2,2-10H3,(H,20,21). The summed E-state index contributed by atoms with van der Waals surface area (Å²) in [7, 11) is -1.05. The molecule has 0 aromatic carbocycles. The van der Waals surface area contributed by atoms with Crippen LogP contribution in [0.2, 0.25) is 18.1 Å². The van der Waals surface area contributed by atoms with Crippen molar-refractivity contribution in [1.29, 1.82) is 0 Å². The fourth-order valence-electron chi connectivity index (χ4n) is 1.74. The predicted octanol–water partition coefficient (Wildman–Crippen LogP) is 2.69. The minimum absolute atomic E-state index is 0.228. The third-order valence-corrected chi connectivity index (χ3v) is 8.89. The first kappa shape index (κ1) is 24.4. The Kier molecular flexibility index (Phi) is 7.51. The molecule has 0 aromatic heterocycles. The van der Waals surface area contributed by atoms with Crippen molar-refractivity contribution in [3.05, 3.63) is 0 Å². The van der Waals surface area contributed by atoms with Gasteiger partial charge in [0.15, 0.2) is 8.32 Å². The van der Waals surface area contributed by atoms with Crippen LogP contribution in [-0.4, -0.2) is 66.4 Å². The molecule has 8 heteroatoms. The fourth-order valence-corrected chi connectivity index (χ4v) is 3.05. The van der Waals surface area contributed by atoms with E-state index >= 15 is 0 Å². The van der Waals surface area contributed by atoms with Crippen molar-refractivity contribution in [2.24, 2.45) is 0 Å². The first-order valence-corrected chi connectivity index (χ1v) is 11.3. The highest BCUT2D eigenvalue weighted by molar-refractivity contribution is 6.74. The molecule has 0 rings (SSSR count). The van der Waals surface area contributed by atoms with Crippen LogP contribution < -0.4 is 0 Å². The topological polar surface area (TPSA) is 96.3 Å². The van der Waals surface area contributed by atoms with Gasteiger partial charge < -0.3 is 24.3 Å². The van der Waals surface area contributed by atoms with Crippen LogP contribution in [0.1, 0.15) is 41.5 Å². The SMILES string of the molecule is C#CC(O)(C(=O)O)C(CN(C)C(=O)OC(C)(C)C)O[Si](C)(C)C(C)(C)C. The highest BCUT2D eigenvalue weighted by Gasteiger charge is 2.50. The lowest BCUT2D eigenvalue weighted by Gasteiger charge is -2.42. The van der Waals surface area contributed by atoms with Crippen molar-refractivity contribution in [3.63, 3.8) is 0 Å². The summed E-state index contributed by atoms with van der Waals surface area (Å²) in [4.78, 5) is 25.0. The summed E-state index contributed by atoms with van der Waals surface area (Å²) in [5.74, 6) is 0.323. The number of carboxylic acids is 1. The molecule has 0 saturated heterocycles. The minimum atomic E-state index is -2.56. The molecular formula is C18H33NO6Si. The maximum Gasteiger partial charge on any atom is 0.410 e. The number of amides is 1. The molecule has 0 aromatic rings. The lowest BCUT2D eigenvalue weighted by molar-refractivity contribution is -0.161. The summed E-state index contributed by atoms with van der Waals surface area (Å²) in [6, 6.07) is 0. The lowest BCUT2D eigenvalue weighted by Crippen LogP contribution is -2.59. The van der Waals surface area contributed by atoms with Crippen LogP contribution in [0.4, 0.5) is 4.79 Å². The molecule has 0 bridgehead atoms. The van der Waals surface area contributed by atoms with E-state index in [2.05, 4.69) is 0 Å². The Morgan fingerprint density at radius 2 is 1.65 bits per heavy atom. The number of hydrogen-bond donors (Lipinski definition) is 2. The second-order valence-electron chi connectivity index (χ2n) is 8.94. The van der Waals surface area contributed by atoms with Crippen molar-refractivity contribution in [2.45, 2.75) is 77.0 Å². The van der Waals surface area contributed by atoms with Gasteiger partial charge in [-0.3, -0.25) is 0 Å². The zero-order valence-corrected chi connectivity index (χ0v) is 18.3. The summed E-state index contributed by atoms with van der Waals surface area (Å²) >= 11 is 0. The summed E-state index contributed by atoms with van der Waals surface area (Å²) in [6.45, 7) is 14.7. The van der Waals surface area contributed by atoms with Gasteiger partial charge in [-0.25, -0.2) is 9.59 Å². The van der Waals surface area contributed by atoms with Crippen LogP contribution in [0, 0.1) is 12.3 Å². The van der Waals surface area contributed by atoms with Gasteiger partial charge in [-0.2, -0.15) is 0 Å². The number of carbonyl (C=O) groups excluding carboxylic acids is 1. The predicted molar refractivity (Wildman–Crippen MR) is 102 cm³/mol. The number of ether oxygens (including phenoxy) is 1. The molecule has 0 aliphatic rings. The number of aliphatic carboxylic acids is 1. The number of hydrogen-bond acceptors (Lipinski definition) is 5. The van der Waals surface area contributed by atoms with Gasteiger partial charge in [0.25, 0.3) is 5.60 Å². The molecule has 7 nitrogen and oxygen atoms in total. The van der Waals surface area contributed by atoms with E-state index < -0.39 is 37.7 Å². The number of nitrogens with zero attached hydrogens (tertiary/aromatic N) is 1. The quantitative estimate of drug-likeness (QED) is 0.537. The molecule has 0 heterocycles. The summed E-state index contributed by atoms with van der Waals surface area (Å²) in [6.07, 6.45) is 3.35. The van der Waals surface area contributed by atoms with Gasteiger partial charge >= 0.3 is 12.1 Å². The molecule has 150 valence electrons. The van der Waals surface area contributed by atoms with E-state index in [-0.39, 0.29) is 11.6 Å². The maximum atomic E-state index is 12.2. The molecule has 0 saturated carbocycles. The fraction of sp³-hybridized carbons (Fsp3) is 0.778. The van der Waals surface area contributed by atoms with E-state index in [0.29, 0.717) is 0 Å². The molecule has 0 aliphatic heterocycles. The van der Waals surface area contributed by atoms with Crippen molar-refractivity contribution in [3.8, 4) is 12.3 Å². The average Bonchev–Trinajstić information content (AvgIpc) is 2.41. The smallest absolute Gasteiger partial charge is 0.410 e. The monoisotopic (exact) mass is 387 g/mol. The highest BCUT2D eigenvalue weighted by Crippen LogP contribution is 2.38. The van der Waals surface area contributed by atoms with Crippen LogP contribution in [0.25, 0.3) is 0 Å². The molecule has 2 atom stereocenters. The van der Waals surface area contributed by atoms with Crippen molar-refractivity contribution < 1.29 is 29.0 Å². The molecule has 0 fully saturated rings. The summed E-state index contributed by atoms with van der Waals surface area (Å²) < 4.78 is 11.4. The maximum absolute atomic E-state index is 12.2. The second kappa shape index (κ2) is 7.99. The van der Waals surface area contributed by atoms with E-state index in [9.17, 15) is 19.8 Å². The first-order chi connectivity index (χ1) is 11.4. The first-order valence-electron chi connectivity index (χ1n) is 8.43. The Balaban J connectivity index is 5.73. The van der Waals surface area contributed by atoms with E-state index in [4.69, 9.17) is 15.6 Å². The van der Waals surface area contributed by atoms with Crippen molar-refractivity contribution in [1.82, 2.24) is 4.90 Å². The van der Waals surface area contributed by atoms with E-state index in [1.807, 2.05) is 39.8 Å². The van der Waals surface area contributed by atoms with Gasteiger partial charge in [0, 0.05) is 7.05 Å². The van der Waals surface area contributed by atoms with Crippen LogP contribution in [0.3, 0.4) is 0 Å². The zero-order chi connectivity index (χ0) is 21.1. The van der Waals surface area contributed by atoms with Crippen LogP contribution in [-0.2, 0) is 14.0 Å². The average molecular weight is 388 g/mol. The van der Waals surface area contributed by atoms with Crippen LogP contribution >= 0.6 is 0 Å². The molecule has 0 radical (unpaired) electrons. The Labute approximate surface area is 157 Å². The molecular weight excluding hydrogens is 354 g/mol. The highest BCUT2D eigenvalue weighted by atomic mass is 28.4. The molecule has 0 aliphatic carbocycles. The van der Waals surface area contributed by atoms with E-state index in [0.717, 1.165) is 4.90 Å². The second-order valence-corrected chi connectivity index (χ2v) is 13.7. The Hall–Kier alpha value is -1.56. The number of rotatable bonds is 6. The Morgan fingerprint density at radius 1 is 1.19 bits per heavy atom. The van der Waals surface area contributed by atoms with Crippen LogP contribution in [0.15, 0.2) is 0 Å². The van der Waals surface area contributed by atoms with E-state index in [1.54, 1.807) is 20.8 Å². The normalized spacial score (nSPS) is 16.2. The van der Waals surface area contributed by atoms with Gasteiger partial charge in [-0.15, -0.1) is 6.42 Å².